The number of hydrogen-bond acceptors (Lipinski definition) is 4. The summed E-state index contributed by atoms with van der Waals surface area (Å²) in [6, 6.07) is 7.17. The number of benzene rings is 1. The second-order valence-electron chi connectivity index (χ2n) is 5.37. The highest BCUT2D eigenvalue weighted by Gasteiger charge is 2.25. The maximum Gasteiger partial charge on any atom is 0.163 e. The molecule has 0 saturated carbocycles. The van der Waals surface area contributed by atoms with Crippen LogP contribution in [0.15, 0.2) is 24.3 Å². The number of rotatable bonds is 5. The van der Waals surface area contributed by atoms with Gasteiger partial charge in [0.05, 0.1) is 7.11 Å². The van der Waals surface area contributed by atoms with E-state index in [1.165, 1.54) is 0 Å². The van der Waals surface area contributed by atoms with Crippen LogP contribution in [0, 0.1) is 5.92 Å². The topological polar surface area (TPSA) is 46.6 Å². The van der Waals surface area contributed by atoms with Crippen molar-refractivity contribution in [2.24, 2.45) is 5.92 Å². The molecule has 1 unspecified atom stereocenters. The Kier molecular flexibility index (Phi) is 4.90. The number of Topliss-reactive ketones (excluding diaryl/α,β-unsaturated/α-hetero) is 2. The lowest BCUT2D eigenvalue weighted by Gasteiger charge is -2.28. The predicted octanol–water partition coefficient (Wildman–Crippen LogP) is 2.18. The zero-order valence-electron chi connectivity index (χ0n) is 12.1. The maximum absolute atomic E-state index is 12.2. The number of carbonyl (C=O) groups excluding carboxylic acids is 2. The summed E-state index contributed by atoms with van der Waals surface area (Å²) < 4.78 is 5.12. The van der Waals surface area contributed by atoms with E-state index in [0.29, 0.717) is 36.4 Å². The summed E-state index contributed by atoms with van der Waals surface area (Å²) in [5.74, 6) is 1.05. The Bertz CT molecular complexity index is 498. The van der Waals surface area contributed by atoms with Gasteiger partial charge in [0.25, 0.3) is 0 Å². The Morgan fingerprint density at radius 1 is 1.45 bits per heavy atom. The van der Waals surface area contributed by atoms with Gasteiger partial charge in [0.15, 0.2) is 5.78 Å². The molecule has 1 atom stereocenters. The quantitative estimate of drug-likeness (QED) is 0.773. The van der Waals surface area contributed by atoms with Crippen molar-refractivity contribution in [2.45, 2.75) is 19.3 Å². The lowest BCUT2D eigenvalue weighted by molar-refractivity contribution is -0.126. The molecule has 0 radical (unpaired) electrons. The van der Waals surface area contributed by atoms with Gasteiger partial charge >= 0.3 is 0 Å². The van der Waals surface area contributed by atoms with Crippen molar-refractivity contribution in [1.29, 1.82) is 0 Å². The average Bonchev–Trinajstić information content (AvgIpc) is 2.48. The molecule has 4 heteroatoms. The van der Waals surface area contributed by atoms with Gasteiger partial charge in [-0.15, -0.1) is 0 Å². The SMILES string of the molecule is COc1cccc(C(=O)CCC2CN(C)CCC2=O)c1. The van der Waals surface area contributed by atoms with Crippen LogP contribution >= 0.6 is 0 Å². The number of carbonyl (C=O) groups is 2. The summed E-state index contributed by atoms with van der Waals surface area (Å²) in [6.07, 6.45) is 1.66. The number of ketones is 2. The first-order valence-electron chi connectivity index (χ1n) is 6.98. The van der Waals surface area contributed by atoms with E-state index in [1.54, 1.807) is 19.2 Å². The van der Waals surface area contributed by atoms with E-state index in [0.717, 1.165) is 13.1 Å². The molecule has 2 rings (SSSR count). The molecule has 1 aliphatic rings. The molecule has 1 saturated heterocycles. The Balaban J connectivity index is 1.92. The molecule has 0 N–H and O–H groups in total. The van der Waals surface area contributed by atoms with Gasteiger partial charge in [-0.05, 0) is 25.6 Å². The van der Waals surface area contributed by atoms with Crippen LogP contribution in [0.2, 0.25) is 0 Å². The van der Waals surface area contributed by atoms with Crippen molar-refractivity contribution < 1.29 is 14.3 Å². The van der Waals surface area contributed by atoms with Gasteiger partial charge in [-0.3, -0.25) is 9.59 Å². The van der Waals surface area contributed by atoms with Gasteiger partial charge in [-0.1, -0.05) is 12.1 Å². The van der Waals surface area contributed by atoms with Gasteiger partial charge in [0, 0.05) is 37.4 Å². The molecule has 1 heterocycles. The Morgan fingerprint density at radius 3 is 3.00 bits per heavy atom. The van der Waals surface area contributed by atoms with Crippen LogP contribution in [0.3, 0.4) is 0 Å². The summed E-state index contributed by atoms with van der Waals surface area (Å²) in [7, 11) is 3.60. The van der Waals surface area contributed by atoms with Crippen molar-refractivity contribution in [1.82, 2.24) is 4.90 Å². The van der Waals surface area contributed by atoms with Crippen LogP contribution < -0.4 is 4.74 Å². The molecule has 0 aliphatic carbocycles. The van der Waals surface area contributed by atoms with E-state index < -0.39 is 0 Å². The Labute approximate surface area is 119 Å². The molecule has 108 valence electrons. The van der Waals surface area contributed by atoms with E-state index in [2.05, 4.69) is 4.90 Å². The van der Waals surface area contributed by atoms with E-state index in [-0.39, 0.29) is 11.7 Å². The minimum Gasteiger partial charge on any atom is -0.497 e. The van der Waals surface area contributed by atoms with Crippen LogP contribution in [0.25, 0.3) is 0 Å². The third kappa shape index (κ3) is 3.67. The average molecular weight is 275 g/mol. The van der Waals surface area contributed by atoms with Crippen LogP contribution in [0.4, 0.5) is 0 Å². The fourth-order valence-corrected chi connectivity index (χ4v) is 2.57. The van der Waals surface area contributed by atoms with Gasteiger partial charge < -0.3 is 9.64 Å². The molecule has 1 fully saturated rings. The molecule has 4 nitrogen and oxygen atoms in total. The summed E-state index contributed by atoms with van der Waals surface area (Å²) >= 11 is 0. The zero-order chi connectivity index (χ0) is 14.5. The molecule has 0 aromatic heterocycles. The van der Waals surface area contributed by atoms with Crippen LogP contribution in [-0.2, 0) is 4.79 Å². The summed E-state index contributed by atoms with van der Waals surface area (Å²) in [5.41, 5.74) is 0.654. The summed E-state index contributed by atoms with van der Waals surface area (Å²) in [6.45, 7) is 1.60. The normalized spacial score (nSPS) is 19.9. The van der Waals surface area contributed by atoms with Gasteiger partial charge in [0.1, 0.15) is 11.5 Å². The molecular weight excluding hydrogens is 254 g/mol. The Hall–Kier alpha value is -1.68. The van der Waals surface area contributed by atoms with Crippen molar-refractivity contribution in [3.05, 3.63) is 29.8 Å². The number of ether oxygens (including phenoxy) is 1. The molecule has 20 heavy (non-hydrogen) atoms. The van der Waals surface area contributed by atoms with Gasteiger partial charge in [0.2, 0.25) is 0 Å². The van der Waals surface area contributed by atoms with Crippen molar-refractivity contribution >= 4 is 11.6 Å². The van der Waals surface area contributed by atoms with Crippen LogP contribution in [-0.4, -0.2) is 43.7 Å². The van der Waals surface area contributed by atoms with E-state index in [9.17, 15) is 9.59 Å². The fourth-order valence-electron chi connectivity index (χ4n) is 2.57. The highest BCUT2D eigenvalue weighted by atomic mass is 16.5. The second kappa shape index (κ2) is 6.66. The zero-order valence-corrected chi connectivity index (χ0v) is 12.1. The van der Waals surface area contributed by atoms with Gasteiger partial charge in [-0.25, -0.2) is 0 Å². The van der Waals surface area contributed by atoms with Crippen molar-refractivity contribution in [3.8, 4) is 5.75 Å². The number of nitrogens with zero attached hydrogens (tertiary/aromatic N) is 1. The number of likely N-dealkylation sites (tertiary alicyclic amines) is 1. The largest absolute Gasteiger partial charge is 0.497 e. The van der Waals surface area contributed by atoms with E-state index in [1.807, 2.05) is 19.2 Å². The molecule has 0 bridgehead atoms. The second-order valence-corrected chi connectivity index (χ2v) is 5.37. The minimum absolute atomic E-state index is 0.00306. The monoisotopic (exact) mass is 275 g/mol. The molecule has 1 aromatic carbocycles. The summed E-state index contributed by atoms with van der Waals surface area (Å²) in [5, 5.41) is 0. The van der Waals surface area contributed by atoms with Crippen LogP contribution in [0.1, 0.15) is 29.6 Å². The highest BCUT2D eigenvalue weighted by molar-refractivity contribution is 5.96. The number of methoxy groups -OCH3 is 1. The van der Waals surface area contributed by atoms with E-state index in [4.69, 9.17) is 4.74 Å². The fraction of sp³-hybridized carbons (Fsp3) is 0.500. The predicted molar refractivity (Wildman–Crippen MR) is 77.2 cm³/mol. The first kappa shape index (κ1) is 14.7. The third-order valence-electron chi connectivity index (χ3n) is 3.84. The standard InChI is InChI=1S/C16H21NO3/c1-17-9-8-16(19)13(11-17)6-7-15(18)12-4-3-5-14(10-12)20-2/h3-5,10,13H,6-9,11H2,1-2H3. The first-order chi connectivity index (χ1) is 9.60. The lowest BCUT2D eigenvalue weighted by Crippen LogP contribution is -2.38. The summed E-state index contributed by atoms with van der Waals surface area (Å²) in [4.78, 5) is 26.1. The highest BCUT2D eigenvalue weighted by Crippen LogP contribution is 2.20. The lowest BCUT2D eigenvalue weighted by atomic mass is 9.90. The molecule has 1 aromatic rings. The minimum atomic E-state index is 0.00306. The molecule has 0 spiro atoms. The maximum atomic E-state index is 12.2. The van der Waals surface area contributed by atoms with Crippen molar-refractivity contribution in [2.75, 3.05) is 27.2 Å². The molecule has 0 amide bonds. The third-order valence-corrected chi connectivity index (χ3v) is 3.84. The van der Waals surface area contributed by atoms with Crippen molar-refractivity contribution in [3.63, 3.8) is 0 Å². The van der Waals surface area contributed by atoms with Crippen LogP contribution in [0.5, 0.6) is 5.75 Å². The number of piperidine rings is 1. The van der Waals surface area contributed by atoms with E-state index >= 15 is 0 Å². The first-order valence-corrected chi connectivity index (χ1v) is 6.98. The number of hydrogen-bond donors (Lipinski definition) is 0. The smallest absolute Gasteiger partial charge is 0.163 e. The Morgan fingerprint density at radius 2 is 2.25 bits per heavy atom. The van der Waals surface area contributed by atoms with Gasteiger partial charge in [-0.2, -0.15) is 0 Å². The molecular formula is C16H21NO3. The molecule has 1 aliphatic heterocycles.